The van der Waals surface area contributed by atoms with Gasteiger partial charge in [-0.15, -0.1) is 11.6 Å². The van der Waals surface area contributed by atoms with Crippen LogP contribution < -0.4 is 5.32 Å². The summed E-state index contributed by atoms with van der Waals surface area (Å²) in [6, 6.07) is 0. The van der Waals surface area contributed by atoms with Gasteiger partial charge in [0, 0.05) is 17.9 Å². The molecular formula is C18H22ClNO6. The van der Waals surface area contributed by atoms with Crippen molar-refractivity contribution in [3.05, 3.63) is 23.4 Å². The van der Waals surface area contributed by atoms with E-state index in [-0.39, 0.29) is 29.5 Å². The second-order valence-corrected chi connectivity index (χ2v) is 7.92. The van der Waals surface area contributed by atoms with E-state index in [1.807, 2.05) is 0 Å². The van der Waals surface area contributed by atoms with Crippen molar-refractivity contribution in [2.24, 2.45) is 10.8 Å². The number of ether oxygens (including phenoxy) is 3. The molecular weight excluding hydrogens is 362 g/mol. The number of carbonyl (C=O) groups excluding carboxylic acids is 2. The van der Waals surface area contributed by atoms with Crippen LogP contribution in [0.2, 0.25) is 0 Å². The minimum absolute atomic E-state index is 0.0485. The lowest BCUT2D eigenvalue weighted by Crippen LogP contribution is -2.63. The van der Waals surface area contributed by atoms with Crippen LogP contribution in [0.1, 0.15) is 19.3 Å². The molecule has 2 fully saturated rings. The van der Waals surface area contributed by atoms with Crippen molar-refractivity contribution in [1.29, 1.82) is 0 Å². The third-order valence-electron chi connectivity index (χ3n) is 6.90. The predicted molar refractivity (Wildman–Crippen MR) is 91.2 cm³/mol. The highest BCUT2D eigenvalue weighted by Crippen LogP contribution is 2.72. The van der Waals surface area contributed by atoms with Crippen LogP contribution in [0.4, 0.5) is 0 Å². The molecule has 4 rings (SSSR count). The zero-order valence-electron chi connectivity index (χ0n) is 14.9. The molecule has 1 saturated heterocycles. The van der Waals surface area contributed by atoms with E-state index in [0.29, 0.717) is 25.1 Å². The van der Waals surface area contributed by atoms with Gasteiger partial charge in [-0.1, -0.05) is 0 Å². The molecule has 0 radical (unpaired) electrons. The summed E-state index contributed by atoms with van der Waals surface area (Å²) in [5.41, 5.74) is -3.10. The Balaban J connectivity index is 2.00. The molecule has 0 bridgehead atoms. The topological polar surface area (TPSA) is 94.1 Å². The number of aliphatic hydroxyl groups excluding tert-OH is 1. The summed E-state index contributed by atoms with van der Waals surface area (Å²) in [5.74, 6) is 0.155. The Morgan fingerprint density at radius 1 is 1.23 bits per heavy atom. The maximum atomic E-state index is 13.2. The largest absolute Gasteiger partial charge is 0.498 e. The van der Waals surface area contributed by atoms with E-state index in [4.69, 9.17) is 25.8 Å². The van der Waals surface area contributed by atoms with Crippen LogP contribution in [-0.4, -0.2) is 61.6 Å². The zero-order chi connectivity index (χ0) is 18.9. The molecule has 5 atom stereocenters. The number of alkyl halides is 1. The maximum Gasteiger partial charge on any atom is 0.201 e. The first-order valence-corrected chi connectivity index (χ1v) is 9.03. The number of rotatable bonds is 3. The Hall–Kier alpha value is -1.57. The van der Waals surface area contributed by atoms with Crippen LogP contribution in [0.25, 0.3) is 0 Å². The fraction of sp³-hybridized carbons (Fsp3) is 0.667. The number of methoxy groups -OCH3 is 3. The molecule has 1 heterocycles. The monoisotopic (exact) mass is 383 g/mol. The van der Waals surface area contributed by atoms with Crippen molar-refractivity contribution in [3.63, 3.8) is 0 Å². The number of aliphatic hydroxyl groups is 1. The molecule has 1 saturated carbocycles. The molecule has 0 unspecified atom stereocenters. The van der Waals surface area contributed by atoms with E-state index in [9.17, 15) is 14.7 Å². The smallest absolute Gasteiger partial charge is 0.201 e. The SMILES string of the molecule is COC1=CC(=O)[C@@]2([C@@H]1O)[C@@H](Cl)C[C@@]13NCC[C@@]21CC(=O)C(OC)=C3OC. The van der Waals surface area contributed by atoms with Crippen molar-refractivity contribution >= 4 is 23.2 Å². The van der Waals surface area contributed by atoms with Crippen LogP contribution >= 0.6 is 11.6 Å². The van der Waals surface area contributed by atoms with Gasteiger partial charge < -0.3 is 24.6 Å². The van der Waals surface area contributed by atoms with Gasteiger partial charge in [-0.3, -0.25) is 9.59 Å². The van der Waals surface area contributed by atoms with Gasteiger partial charge in [0.2, 0.25) is 11.5 Å². The summed E-state index contributed by atoms with van der Waals surface area (Å²) < 4.78 is 16.2. The summed E-state index contributed by atoms with van der Waals surface area (Å²) in [4.78, 5) is 26.1. The molecule has 7 nitrogen and oxygen atoms in total. The van der Waals surface area contributed by atoms with Gasteiger partial charge in [-0.2, -0.15) is 0 Å². The summed E-state index contributed by atoms with van der Waals surface area (Å²) in [5, 5.41) is 13.8. The quantitative estimate of drug-likeness (QED) is 0.691. The van der Waals surface area contributed by atoms with E-state index in [1.165, 1.54) is 27.4 Å². The first-order chi connectivity index (χ1) is 12.4. The summed E-state index contributed by atoms with van der Waals surface area (Å²) in [6.07, 6.45) is 1.01. The van der Waals surface area contributed by atoms with E-state index in [2.05, 4.69) is 5.32 Å². The van der Waals surface area contributed by atoms with Crippen LogP contribution in [0.3, 0.4) is 0 Å². The van der Waals surface area contributed by atoms with Gasteiger partial charge in [0.05, 0.1) is 37.7 Å². The fourth-order valence-corrected chi connectivity index (χ4v) is 6.70. The molecule has 0 aromatic carbocycles. The molecule has 0 aromatic heterocycles. The number of halogens is 1. The number of allylic oxidation sites excluding steroid dienone is 2. The molecule has 1 spiro atoms. The van der Waals surface area contributed by atoms with E-state index in [0.717, 1.165) is 0 Å². The first kappa shape index (κ1) is 17.8. The number of hydrogen-bond donors (Lipinski definition) is 2. The minimum atomic E-state index is -1.35. The number of nitrogens with one attached hydrogen (secondary N) is 1. The van der Waals surface area contributed by atoms with Crippen molar-refractivity contribution in [2.45, 2.75) is 36.3 Å². The predicted octanol–water partition coefficient (Wildman–Crippen LogP) is 0.653. The highest BCUT2D eigenvalue weighted by atomic mass is 35.5. The molecule has 3 aliphatic carbocycles. The van der Waals surface area contributed by atoms with Crippen LogP contribution in [0.5, 0.6) is 0 Å². The lowest BCUT2D eigenvalue weighted by molar-refractivity contribution is -0.146. The van der Waals surface area contributed by atoms with E-state index >= 15 is 0 Å². The molecule has 0 aromatic rings. The second-order valence-electron chi connectivity index (χ2n) is 7.39. The van der Waals surface area contributed by atoms with E-state index in [1.54, 1.807) is 0 Å². The van der Waals surface area contributed by atoms with Crippen LogP contribution in [0.15, 0.2) is 23.4 Å². The zero-order valence-corrected chi connectivity index (χ0v) is 15.7. The maximum absolute atomic E-state index is 13.2. The lowest BCUT2D eigenvalue weighted by atomic mass is 9.52. The molecule has 26 heavy (non-hydrogen) atoms. The van der Waals surface area contributed by atoms with Gasteiger partial charge >= 0.3 is 0 Å². The number of hydrogen-bond acceptors (Lipinski definition) is 7. The van der Waals surface area contributed by atoms with Crippen LogP contribution in [-0.2, 0) is 23.8 Å². The van der Waals surface area contributed by atoms with Gasteiger partial charge in [0.15, 0.2) is 11.5 Å². The number of carbonyl (C=O) groups is 2. The minimum Gasteiger partial charge on any atom is -0.498 e. The Labute approximate surface area is 156 Å². The summed E-state index contributed by atoms with van der Waals surface area (Å²) >= 11 is 6.77. The van der Waals surface area contributed by atoms with E-state index < -0.39 is 27.8 Å². The average molecular weight is 384 g/mol. The van der Waals surface area contributed by atoms with Crippen molar-refractivity contribution < 1.29 is 28.9 Å². The van der Waals surface area contributed by atoms with Gasteiger partial charge in [-0.25, -0.2) is 0 Å². The third kappa shape index (κ3) is 1.59. The average Bonchev–Trinajstić information content (AvgIpc) is 3.16. The first-order valence-electron chi connectivity index (χ1n) is 8.59. The molecule has 1 aliphatic heterocycles. The number of Topliss-reactive ketones (excluding diaryl/α,β-unsaturated/α-hetero) is 1. The van der Waals surface area contributed by atoms with Gasteiger partial charge in [0.25, 0.3) is 0 Å². The highest BCUT2D eigenvalue weighted by molar-refractivity contribution is 6.25. The standard InChI is InChI=1S/C18H22ClNO6/c1-24-10-6-12(22)18(14(10)23)11(19)8-17-15(26-3)13(25-2)9(21)7-16(17,18)4-5-20-17/h6,11,14,20,23H,4-5,7-8H2,1-3H3/t11-,14+,16-,17-,18+/m0/s1. The fourth-order valence-electron chi connectivity index (χ4n) is 6.03. The second kappa shape index (κ2) is 5.47. The van der Waals surface area contributed by atoms with Crippen molar-refractivity contribution in [3.8, 4) is 0 Å². The Bertz CT molecular complexity index is 763. The molecule has 2 N–H and O–H groups in total. The van der Waals surface area contributed by atoms with Crippen molar-refractivity contribution in [2.75, 3.05) is 27.9 Å². The Morgan fingerprint density at radius 3 is 2.54 bits per heavy atom. The molecule has 4 aliphatic rings. The Kier molecular flexibility index (Phi) is 3.75. The van der Waals surface area contributed by atoms with Gasteiger partial charge in [-0.05, 0) is 19.4 Å². The lowest BCUT2D eigenvalue weighted by Gasteiger charge is -2.51. The normalized spacial score (nSPS) is 44.3. The summed E-state index contributed by atoms with van der Waals surface area (Å²) in [6.45, 7) is 0.574. The third-order valence-corrected chi connectivity index (χ3v) is 7.40. The molecule has 0 amide bonds. The number of ketones is 2. The Morgan fingerprint density at radius 2 is 1.96 bits per heavy atom. The van der Waals surface area contributed by atoms with Crippen LogP contribution in [0, 0.1) is 10.8 Å². The summed E-state index contributed by atoms with van der Waals surface area (Å²) in [7, 11) is 4.31. The molecule has 8 heteroatoms. The highest BCUT2D eigenvalue weighted by Gasteiger charge is 2.82. The van der Waals surface area contributed by atoms with Crippen molar-refractivity contribution in [1.82, 2.24) is 5.32 Å². The molecule has 142 valence electrons. The van der Waals surface area contributed by atoms with Gasteiger partial charge in [0.1, 0.15) is 11.9 Å².